The van der Waals surface area contributed by atoms with Crippen molar-refractivity contribution in [1.29, 1.82) is 0 Å². The number of aromatic nitrogens is 3. The average Bonchev–Trinajstić information content (AvgIpc) is 3.40. The summed E-state index contributed by atoms with van der Waals surface area (Å²) in [6.45, 7) is -0.147. The number of nitrogens with one attached hydrogen (secondary N) is 3. The average molecular weight is 451 g/mol. The molecule has 0 spiro atoms. The van der Waals surface area contributed by atoms with E-state index in [9.17, 15) is 14.4 Å². The maximum atomic E-state index is 12.3. The fraction of sp³-hybridized carbons (Fsp3) is 0.227. The number of carboxylic acids is 1. The minimum atomic E-state index is -1.21. The van der Waals surface area contributed by atoms with Crippen LogP contribution in [0.2, 0.25) is 0 Å². The van der Waals surface area contributed by atoms with Crippen LogP contribution in [-0.2, 0) is 14.3 Å². The molecule has 0 radical (unpaired) electrons. The van der Waals surface area contributed by atoms with Crippen molar-refractivity contribution in [3.8, 4) is 11.1 Å². The second-order valence-electron chi connectivity index (χ2n) is 7.23. The Kier molecular flexibility index (Phi) is 6.31. The van der Waals surface area contributed by atoms with E-state index in [-0.39, 0.29) is 30.8 Å². The highest BCUT2D eigenvalue weighted by molar-refractivity contribution is 5.91. The molecular weight excluding hydrogens is 430 g/mol. The smallest absolute Gasteiger partial charge is 0.414 e. The van der Waals surface area contributed by atoms with Crippen LogP contribution in [0.25, 0.3) is 11.1 Å². The van der Waals surface area contributed by atoms with Gasteiger partial charge < -0.3 is 19.9 Å². The normalized spacial score (nSPS) is 13.0. The van der Waals surface area contributed by atoms with Gasteiger partial charge in [-0.15, -0.1) is 5.10 Å². The fourth-order valence-corrected chi connectivity index (χ4v) is 3.69. The number of carbonyl (C=O) groups is 3. The number of anilines is 1. The van der Waals surface area contributed by atoms with Crippen LogP contribution in [0.5, 0.6) is 0 Å². The van der Waals surface area contributed by atoms with E-state index in [2.05, 4.69) is 25.8 Å². The Bertz CT molecular complexity index is 1150. The second kappa shape index (κ2) is 9.49. The van der Waals surface area contributed by atoms with E-state index in [1.807, 2.05) is 48.5 Å². The minimum absolute atomic E-state index is 0.0976. The van der Waals surface area contributed by atoms with Gasteiger partial charge in [0.25, 0.3) is 11.9 Å². The Labute approximate surface area is 188 Å². The summed E-state index contributed by atoms with van der Waals surface area (Å²) >= 11 is 0. The largest absolute Gasteiger partial charge is 0.479 e. The molecule has 1 aliphatic carbocycles. The van der Waals surface area contributed by atoms with Gasteiger partial charge >= 0.3 is 12.1 Å². The molecule has 1 unspecified atom stereocenters. The highest BCUT2D eigenvalue weighted by Crippen LogP contribution is 2.44. The summed E-state index contributed by atoms with van der Waals surface area (Å²) in [5.41, 5.74) is 4.40. The molecule has 0 saturated carbocycles. The number of H-pyrrole nitrogens is 1. The third-order valence-electron chi connectivity index (χ3n) is 5.27. The Balaban J connectivity index is 1.34. The molecule has 3 aromatic rings. The molecule has 1 aromatic heterocycles. The highest BCUT2D eigenvalue weighted by Gasteiger charge is 2.29. The van der Waals surface area contributed by atoms with Crippen molar-refractivity contribution in [1.82, 2.24) is 20.5 Å². The molecule has 0 saturated heterocycles. The summed E-state index contributed by atoms with van der Waals surface area (Å²) in [5, 5.41) is 19.8. The van der Waals surface area contributed by atoms with Gasteiger partial charge in [0.05, 0.1) is 6.54 Å². The Morgan fingerprint density at radius 2 is 1.73 bits per heavy atom. The molecule has 1 aliphatic rings. The van der Waals surface area contributed by atoms with Crippen molar-refractivity contribution in [2.45, 2.75) is 12.0 Å². The summed E-state index contributed by atoms with van der Waals surface area (Å²) in [6, 6.07) is 15.9. The third kappa shape index (κ3) is 4.67. The number of nitrogens with zero attached hydrogens (tertiary/aromatic N) is 2. The molecule has 1 atom stereocenters. The van der Waals surface area contributed by atoms with Gasteiger partial charge in [0, 0.05) is 13.0 Å². The molecule has 2 aromatic carbocycles. The molecule has 33 heavy (non-hydrogen) atoms. The lowest BCUT2D eigenvalue weighted by molar-refractivity contribution is -0.148. The van der Waals surface area contributed by atoms with E-state index in [0.29, 0.717) is 0 Å². The first kappa shape index (κ1) is 22.0. The lowest BCUT2D eigenvalue weighted by atomic mass is 9.98. The number of fused-ring (bicyclic) bond motifs is 3. The lowest BCUT2D eigenvalue weighted by Crippen LogP contribution is -2.38. The summed E-state index contributed by atoms with van der Waals surface area (Å²) in [4.78, 5) is 39.2. The topological polar surface area (TPSA) is 156 Å². The van der Waals surface area contributed by atoms with Crippen LogP contribution in [0.4, 0.5) is 10.7 Å². The summed E-state index contributed by atoms with van der Waals surface area (Å²) in [6.07, 6.45) is -1.97. The number of amides is 2. The van der Waals surface area contributed by atoms with E-state index in [4.69, 9.17) is 14.6 Å². The maximum absolute atomic E-state index is 12.3. The molecule has 11 nitrogen and oxygen atoms in total. The van der Waals surface area contributed by atoms with Crippen LogP contribution in [0.1, 0.15) is 27.7 Å². The van der Waals surface area contributed by atoms with Crippen molar-refractivity contribution in [2.24, 2.45) is 0 Å². The summed E-state index contributed by atoms with van der Waals surface area (Å²) in [5.74, 6) is -2.37. The van der Waals surface area contributed by atoms with Crippen LogP contribution >= 0.6 is 0 Å². The predicted octanol–water partition coefficient (Wildman–Crippen LogP) is 2.00. The molecule has 0 aliphatic heterocycles. The van der Waals surface area contributed by atoms with Gasteiger partial charge in [0.15, 0.2) is 6.10 Å². The van der Waals surface area contributed by atoms with Gasteiger partial charge in [-0.25, -0.2) is 9.59 Å². The molecule has 4 rings (SSSR count). The highest BCUT2D eigenvalue weighted by atomic mass is 16.5. The molecular formula is C22H21N5O6. The molecule has 1 heterocycles. The standard InChI is InChI=1S/C22H21N5O6/c1-32-17(20(29)30)10-23-19(28)18-24-21(27-26-18)25-22(31)33-11-16-14-8-4-2-6-12(14)13-7-3-5-9-15(13)16/h2-9,16-17H,10-11H2,1H3,(H,23,28)(H,29,30)(H2,24,25,26,27,31). The van der Waals surface area contributed by atoms with Crippen molar-refractivity contribution in [3.05, 3.63) is 65.5 Å². The molecule has 4 N–H and O–H groups in total. The van der Waals surface area contributed by atoms with Crippen LogP contribution in [0, 0.1) is 0 Å². The van der Waals surface area contributed by atoms with Gasteiger partial charge in [-0.1, -0.05) is 48.5 Å². The molecule has 0 fully saturated rings. The van der Waals surface area contributed by atoms with E-state index in [1.165, 1.54) is 7.11 Å². The Hall–Kier alpha value is -4.25. The zero-order valence-electron chi connectivity index (χ0n) is 17.6. The minimum Gasteiger partial charge on any atom is -0.479 e. The first-order valence-electron chi connectivity index (χ1n) is 10.1. The van der Waals surface area contributed by atoms with Gasteiger partial charge in [-0.2, -0.15) is 4.98 Å². The molecule has 170 valence electrons. The van der Waals surface area contributed by atoms with Crippen molar-refractivity contribution in [2.75, 3.05) is 25.6 Å². The number of hydrogen-bond donors (Lipinski definition) is 4. The van der Waals surface area contributed by atoms with Crippen LogP contribution < -0.4 is 10.6 Å². The van der Waals surface area contributed by atoms with Gasteiger partial charge in [-0.3, -0.25) is 15.2 Å². The number of rotatable bonds is 8. The number of aliphatic carboxylic acids is 1. The fourth-order valence-electron chi connectivity index (χ4n) is 3.69. The van der Waals surface area contributed by atoms with E-state index >= 15 is 0 Å². The lowest BCUT2D eigenvalue weighted by Gasteiger charge is -2.13. The zero-order chi connectivity index (χ0) is 23.4. The van der Waals surface area contributed by atoms with E-state index in [0.717, 1.165) is 22.3 Å². The van der Waals surface area contributed by atoms with Crippen LogP contribution in [0.3, 0.4) is 0 Å². The SMILES string of the molecule is COC(CNC(=O)c1nc(NC(=O)OCC2c3ccccc3-c3ccccc32)n[nH]1)C(=O)O. The number of methoxy groups -OCH3 is 1. The molecule has 0 bridgehead atoms. The van der Waals surface area contributed by atoms with Crippen LogP contribution in [-0.4, -0.2) is 64.6 Å². The molecule has 2 amide bonds. The van der Waals surface area contributed by atoms with E-state index < -0.39 is 24.1 Å². The number of hydrogen-bond acceptors (Lipinski definition) is 7. The number of carboxylic acid groups (broad SMARTS) is 1. The monoisotopic (exact) mass is 451 g/mol. The molecule has 11 heteroatoms. The predicted molar refractivity (Wildman–Crippen MR) is 116 cm³/mol. The Morgan fingerprint density at radius 3 is 2.33 bits per heavy atom. The van der Waals surface area contributed by atoms with E-state index in [1.54, 1.807) is 0 Å². The van der Waals surface area contributed by atoms with Crippen molar-refractivity contribution >= 4 is 23.9 Å². The maximum Gasteiger partial charge on any atom is 0.414 e. The Morgan fingerprint density at radius 1 is 1.09 bits per heavy atom. The number of aromatic amines is 1. The van der Waals surface area contributed by atoms with Gasteiger partial charge in [0.2, 0.25) is 5.82 Å². The number of ether oxygens (including phenoxy) is 2. The van der Waals surface area contributed by atoms with Crippen molar-refractivity contribution < 1.29 is 29.0 Å². The number of benzene rings is 2. The second-order valence-corrected chi connectivity index (χ2v) is 7.23. The van der Waals surface area contributed by atoms with Gasteiger partial charge in [0.1, 0.15) is 6.61 Å². The first-order chi connectivity index (χ1) is 16.0. The van der Waals surface area contributed by atoms with Gasteiger partial charge in [-0.05, 0) is 22.3 Å². The third-order valence-corrected chi connectivity index (χ3v) is 5.27. The first-order valence-corrected chi connectivity index (χ1v) is 10.1. The quantitative estimate of drug-likeness (QED) is 0.405. The van der Waals surface area contributed by atoms with Crippen LogP contribution in [0.15, 0.2) is 48.5 Å². The van der Waals surface area contributed by atoms with Crippen molar-refractivity contribution in [3.63, 3.8) is 0 Å². The number of carbonyl (C=O) groups excluding carboxylic acids is 2. The summed E-state index contributed by atoms with van der Waals surface area (Å²) in [7, 11) is 1.22. The summed E-state index contributed by atoms with van der Waals surface area (Å²) < 4.78 is 10.1. The zero-order valence-corrected chi connectivity index (χ0v) is 17.6.